The van der Waals surface area contributed by atoms with Crippen molar-refractivity contribution in [2.24, 2.45) is 0 Å². The molecule has 0 spiro atoms. The number of fused-ring (bicyclic) bond motifs is 1. The summed E-state index contributed by atoms with van der Waals surface area (Å²) in [6.07, 6.45) is 4.90. The van der Waals surface area contributed by atoms with Crippen LogP contribution >= 0.6 is 0 Å². The number of hydrogen-bond donors (Lipinski definition) is 2. The van der Waals surface area contributed by atoms with Crippen LogP contribution in [0.2, 0.25) is 0 Å². The second-order valence-electron chi connectivity index (χ2n) is 6.60. The Morgan fingerprint density at radius 2 is 1.86 bits per heavy atom. The maximum Gasteiger partial charge on any atom is 0.323 e. The summed E-state index contributed by atoms with van der Waals surface area (Å²) >= 11 is 0. The number of aryl methyl sites for hydroxylation is 1. The minimum Gasteiger partial charge on any atom is -0.374 e. The predicted octanol–water partition coefficient (Wildman–Crippen LogP) is 5.49. The molecule has 0 aliphatic rings. The number of ether oxygens (including phenoxy) is 1. The average Bonchev–Trinajstić information content (AvgIpc) is 2.69. The van der Waals surface area contributed by atoms with Crippen molar-refractivity contribution in [3.05, 3.63) is 60.0 Å². The average molecular weight is 380 g/mol. The van der Waals surface area contributed by atoms with Crippen molar-refractivity contribution in [1.82, 2.24) is 9.97 Å². The van der Waals surface area contributed by atoms with Gasteiger partial charge in [-0.15, -0.1) is 0 Å². The van der Waals surface area contributed by atoms with E-state index < -0.39 is 5.60 Å². The van der Waals surface area contributed by atoms with Crippen LogP contribution in [-0.4, -0.2) is 23.1 Å². The highest BCUT2D eigenvalue weighted by molar-refractivity contribution is 6.02. The monoisotopic (exact) mass is 380 g/mol. The topological polar surface area (TPSA) is 76.1 Å². The second kappa shape index (κ2) is 9.28. The fraction of sp³-hybridized carbons (Fsp3) is 0.318. The molecule has 2 N–H and O–H groups in total. The smallest absolute Gasteiger partial charge is 0.323 e. The van der Waals surface area contributed by atoms with Crippen molar-refractivity contribution >= 4 is 28.3 Å². The van der Waals surface area contributed by atoms with E-state index in [0.29, 0.717) is 11.4 Å². The van der Waals surface area contributed by atoms with Crippen molar-refractivity contribution in [2.75, 3.05) is 17.7 Å². The fourth-order valence-electron chi connectivity index (χ4n) is 2.87. The van der Waals surface area contributed by atoms with E-state index in [9.17, 15) is 4.79 Å². The minimum atomic E-state index is -0.605. The number of rotatable bonds is 4. The Morgan fingerprint density at radius 1 is 1.11 bits per heavy atom. The van der Waals surface area contributed by atoms with Crippen LogP contribution < -0.4 is 10.6 Å². The Balaban J connectivity index is 0.00000136. The van der Waals surface area contributed by atoms with Gasteiger partial charge in [-0.1, -0.05) is 25.5 Å². The molecule has 0 fully saturated rings. The molecule has 0 aliphatic heterocycles. The first kappa shape index (κ1) is 21.3. The number of benzene rings is 1. The molecule has 0 atom stereocenters. The lowest BCUT2D eigenvalue weighted by atomic mass is 9.92. The lowest BCUT2D eigenvalue weighted by molar-refractivity contribution is 0.0210. The largest absolute Gasteiger partial charge is 0.374 e. The van der Waals surface area contributed by atoms with Crippen LogP contribution in [0.15, 0.2) is 48.9 Å². The van der Waals surface area contributed by atoms with Crippen molar-refractivity contribution in [1.29, 1.82) is 0 Å². The molecule has 6 nitrogen and oxygen atoms in total. The molecule has 3 rings (SSSR count). The fourth-order valence-corrected chi connectivity index (χ4v) is 2.87. The third-order valence-electron chi connectivity index (χ3n) is 4.30. The Hall–Kier alpha value is -2.99. The van der Waals surface area contributed by atoms with E-state index in [-0.39, 0.29) is 6.03 Å². The van der Waals surface area contributed by atoms with Crippen LogP contribution in [0.5, 0.6) is 0 Å². The highest BCUT2D eigenvalue weighted by Gasteiger charge is 2.27. The van der Waals surface area contributed by atoms with Gasteiger partial charge in [-0.3, -0.25) is 9.97 Å². The summed E-state index contributed by atoms with van der Waals surface area (Å²) in [7, 11) is 1.65. The summed E-state index contributed by atoms with van der Waals surface area (Å²) in [4.78, 5) is 20.9. The highest BCUT2D eigenvalue weighted by Crippen LogP contribution is 2.36. The number of anilines is 2. The first-order valence-electron chi connectivity index (χ1n) is 9.34. The maximum absolute atomic E-state index is 12.4. The summed E-state index contributed by atoms with van der Waals surface area (Å²) in [5, 5.41) is 6.61. The van der Waals surface area contributed by atoms with Crippen molar-refractivity contribution in [2.45, 2.75) is 40.2 Å². The molecule has 6 heteroatoms. The number of hydrogen-bond acceptors (Lipinski definition) is 4. The molecule has 1 aromatic carbocycles. The number of carbonyl (C=O) groups excluding carboxylic acids is 1. The third-order valence-corrected chi connectivity index (χ3v) is 4.30. The Labute approximate surface area is 166 Å². The number of nitrogens with one attached hydrogen (secondary N) is 2. The Morgan fingerprint density at radius 3 is 2.50 bits per heavy atom. The quantitative estimate of drug-likeness (QED) is 0.627. The predicted molar refractivity (Wildman–Crippen MR) is 115 cm³/mol. The second-order valence-corrected chi connectivity index (χ2v) is 6.60. The number of nitrogens with zero attached hydrogens (tertiary/aromatic N) is 2. The lowest BCUT2D eigenvalue weighted by Crippen LogP contribution is -2.26. The lowest BCUT2D eigenvalue weighted by Gasteiger charge is -2.28. The normalized spacial score (nSPS) is 10.8. The molecule has 2 heterocycles. The van der Waals surface area contributed by atoms with Gasteiger partial charge < -0.3 is 15.4 Å². The minimum absolute atomic E-state index is 0.361. The summed E-state index contributed by atoms with van der Waals surface area (Å²) < 4.78 is 5.70. The van der Waals surface area contributed by atoms with E-state index in [1.54, 1.807) is 37.8 Å². The molecule has 0 unspecified atom stereocenters. The first-order chi connectivity index (χ1) is 13.4. The molecule has 0 bridgehead atoms. The SMILES string of the molecule is CC.COC(C)(C)c1c(NC(=O)Nc2cccnc2)cnc2ccc(C)cc12. The molecule has 3 aromatic rings. The van der Waals surface area contributed by atoms with Gasteiger partial charge in [0.15, 0.2) is 0 Å². The van der Waals surface area contributed by atoms with Gasteiger partial charge in [0, 0.05) is 24.3 Å². The molecule has 148 valence electrons. The zero-order chi connectivity index (χ0) is 20.7. The summed E-state index contributed by atoms with van der Waals surface area (Å²) in [6.45, 7) is 9.96. The summed E-state index contributed by atoms with van der Waals surface area (Å²) in [5.74, 6) is 0. The number of carbonyl (C=O) groups is 1. The van der Waals surface area contributed by atoms with E-state index in [1.165, 1.54) is 0 Å². The number of aromatic nitrogens is 2. The maximum atomic E-state index is 12.4. The summed E-state index contributed by atoms with van der Waals surface area (Å²) in [6, 6.07) is 9.22. The molecule has 0 saturated heterocycles. The van der Waals surface area contributed by atoms with Gasteiger partial charge in [0.25, 0.3) is 0 Å². The molecule has 0 saturated carbocycles. The van der Waals surface area contributed by atoms with E-state index in [1.807, 2.05) is 46.8 Å². The Kier molecular flexibility index (Phi) is 7.06. The number of methoxy groups -OCH3 is 1. The van der Waals surface area contributed by atoms with Crippen molar-refractivity contribution in [3.8, 4) is 0 Å². The number of urea groups is 1. The molecule has 2 aromatic heterocycles. The van der Waals surface area contributed by atoms with E-state index in [2.05, 4.69) is 26.7 Å². The Bertz CT molecular complexity index is 940. The van der Waals surface area contributed by atoms with Gasteiger partial charge in [-0.05, 0) is 45.0 Å². The molecule has 0 aliphatic carbocycles. The van der Waals surface area contributed by atoms with Gasteiger partial charge in [0.2, 0.25) is 0 Å². The van der Waals surface area contributed by atoms with Crippen molar-refractivity contribution < 1.29 is 9.53 Å². The van der Waals surface area contributed by atoms with Crippen molar-refractivity contribution in [3.63, 3.8) is 0 Å². The third kappa shape index (κ3) is 4.84. The van der Waals surface area contributed by atoms with Crippen LogP contribution in [0.1, 0.15) is 38.8 Å². The zero-order valence-corrected chi connectivity index (χ0v) is 17.3. The standard InChI is InChI=1S/C20H22N4O2.C2H6/c1-13-7-8-16-15(10-13)18(20(2,3)26-4)17(12-22-16)24-19(25)23-14-6-5-9-21-11-14;1-2/h5-12H,1-4H3,(H2,23,24,25);1-2H3. The van der Waals surface area contributed by atoms with E-state index in [4.69, 9.17) is 4.74 Å². The molecule has 28 heavy (non-hydrogen) atoms. The van der Waals surface area contributed by atoms with Gasteiger partial charge in [-0.2, -0.15) is 0 Å². The van der Waals surface area contributed by atoms with Gasteiger partial charge in [0.05, 0.1) is 34.9 Å². The van der Waals surface area contributed by atoms with Crippen LogP contribution in [0, 0.1) is 6.92 Å². The molecule has 2 amide bonds. The van der Waals surface area contributed by atoms with Gasteiger partial charge in [0.1, 0.15) is 0 Å². The van der Waals surface area contributed by atoms with Gasteiger partial charge in [-0.25, -0.2) is 4.79 Å². The summed E-state index contributed by atoms with van der Waals surface area (Å²) in [5.41, 5.74) is 3.47. The van der Waals surface area contributed by atoms with E-state index >= 15 is 0 Å². The van der Waals surface area contributed by atoms with Crippen LogP contribution in [0.3, 0.4) is 0 Å². The molecular formula is C22H28N4O2. The molecule has 0 radical (unpaired) electrons. The number of amides is 2. The highest BCUT2D eigenvalue weighted by atomic mass is 16.5. The molecular weight excluding hydrogens is 352 g/mol. The first-order valence-corrected chi connectivity index (χ1v) is 9.34. The van der Waals surface area contributed by atoms with Crippen LogP contribution in [0.25, 0.3) is 10.9 Å². The van der Waals surface area contributed by atoms with Crippen LogP contribution in [-0.2, 0) is 10.3 Å². The zero-order valence-electron chi connectivity index (χ0n) is 17.3. The van der Waals surface area contributed by atoms with Gasteiger partial charge >= 0.3 is 6.03 Å². The number of pyridine rings is 2. The van der Waals surface area contributed by atoms with E-state index in [0.717, 1.165) is 22.0 Å². The van der Waals surface area contributed by atoms with Crippen LogP contribution in [0.4, 0.5) is 16.2 Å².